The van der Waals surface area contributed by atoms with Gasteiger partial charge in [0.2, 0.25) is 0 Å². The Morgan fingerprint density at radius 1 is 0.750 bits per heavy atom. The highest BCUT2D eigenvalue weighted by molar-refractivity contribution is 5.80. The van der Waals surface area contributed by atoms with Crippen LogP contribution in [0.15, 0.2) is 48.5 Å². The molecule has 0 bridgehead atoms. The van der Waals surface area contributed by atoms with Gasteiger partial charge in [0.05, 0.1) is 23.2 Å². The number of para-hydroxylation sites is 3. The van der Waals surface area contributed by atoms with Gasteiger partial charge in [0.25, 0.3) is 0 Å². The van der Waals surface area contributed by atoms with Crippen LogP contribution in [0.4, 0.5) is 0 Å². The van der Waals surface area contributed by atoms with Crippen LogP contribution in [0.2, 0.25) is 0 Å². The van der Waals surface area contributed by atoms with Gasteiger partial charge in [-0.25, -0.2) is 4.98 Å². The summed E-state index contributed by atoms with van der Waals surface area (Å²) in [6.07, 6.45) is 13.4. The first-order chi connectivity index (χ1) is 13.9. The molecular formula is C25H34N2O. The molecule has 0 fully saturated rings. The van der Waals surface area contributed by atoms with Gasteiger partial charge in [-0.1, -0.05) is 89.0 Å². The molecule has 0 unspecified atom stereocenters. The molecule has 0 aliphatic rings. The van der Waals surface area contributed by atoms with E-state index in [4.69, 9.17) is 9.72 Å². The van der Waals surface area contributed by atoms with E-state index < -0.39 is 0 Å². The van der Waals surface area contributed by atoms with Crippen molar-refractivity contribution in [2.45, 2.75) is 71.1 Å². The topological polar surface area (TPSA) is 37.9 Å². The summed E-state index contributed by atoms with van der Waals surface area (Å²) in [7, 11) is 0. The number of ether oxygens (including phenoxy) is 1. The van der Waals surface area contributed by atoms with E-state index in [9.17, 15) is 0 Å². The number of fused-ring (bicyclic) bond motifs is 1. The largest absolute Gasteiger partial charge is 0.493 e. The second-order valence-corrected chi connectivity index (χ2v) is 7.63. The summed E-state index contributed by atoms with van der Waals surface area (Å²) in [5.74, 6) is 1.79. The second kappa shape index (κ2) is 11.5. The monoisotopic (exact) mass is 378 g/mol. The van der Waals surface area contributed by atoms with Crippen LogP contribution < -0.4 is 4.74 Å². The van der Waals surface area contributed by atoms with E-state index in [1.54, 1.807) is 0 Å². The number of hydrogen-bond donors (Lipinski definition) is 1. The van der Waals surface area contributed by atoms with Crippen LogP contribution in [0.3, 0.4) is 0 Å². The maximum Gasteiger partial charge on any atom is 0.142 e. The number of unbranched alkanes of at least 4 members (excludes halogenated alkanes) is 9. The zero-order chi connectivity index (χ0) is 19.4. The number of H-pyrrole nitrogens is 1. The van der Waals surface area contributed by atoms with Gasteiger partial charge >= 0.3 is 0 Å². The molecule has 3 heteroatoms. The number of hydrogen-bond acceptors (Lipinski definition) is 2. The standard InChI is InChI=1S/C25H34N2O/c1-2-3-4-5-6-7-8-9-10-15-20-28-24-19-14-11-16-21(24)25-26-22-17-12-13-18-23(22)27-25/h11-14,16-19H,2-10,15,20H2,1H3,(H,26,27). The summed E-state index contributed by atoms with van der Waals surface area (Å²) < 4.78 is 6.10. The van der Waals surface area contributed by atoms with Gasteiger partial charge in [0, 0.05) is 0 Å². The van der Waals surface area contributed by atoms with Gasteiger partial charge in [-0.15, -0.1) is 0 Å². The van der Waals surface area contributed by atoms with Crippen LogP contribution in [0.1, 0.15) is 71.1 Å². The Morgan fingerprint density at radius 2 is 1.39 bits per heavy atom. The molecule has 0 saturated heterocycles. The number of benzene rings is 2. The molecule has 0 atom stereocenters. The number of aromatic amines is 1. The van der Waals surface area contributed by atoms with Crippen LogP contribution in [-0.4, -0.2) is 16.6 Å². The van der Waals surface area contributed by atoms with Crippen molar-refractivity contribution < 1.29 is 4.74 Å². The minimum absolute atomic E-state index is 0.772. The molecule has 0 saturated carbocycles. The van der Waals surface area contributed by atoms with E-state index in [-0.39, 0.29) is 0 Å². The normalized spacial score (nSPS) is 11.2. The maximum absolute atomic E-state index is 6.10. The molecule has 0 radical (unpaired) electrons. The molecule has 0 aliphatic carbocycles. The van der Waals surface area contributed by atoms with E-state index in [0.29, 0.717) is 0 Å². The van der Waals surface area contributed by atoms with E-state index >= 15 is 0 Å². The zero-order valence-corrected chi connectivity index (χ0v) is 17.3. The van der Waals surface area contributed by atoms with Gasteiger partial charge in [-0.2, -0.15) is 0 Å². The van der Waals surface area contributed by atoms with Gasteiger partial charge in [0.15, 0.2) is 0 Å². The summed E-state index contributed by atoms with van der Waals surface area (Å²) in [5.41, 5.74) is 3.08. The molecule has 150 valence electrons. The third-order valence-electron chi connectivity index (χ3n) is 5.29. The molecule has 0 amide bonds. The summed E-state index contributed by atoms with van der Waals surface area (Å²) in [5, 5.41) is 0. The van der Waals surface area contributed by atoms with Crippen molar-refractivity contribution in [3.63, 3.8) is 0 Å². The lowest BCUT2D eigenvalue weighted by Gasteiger charge is -2.10. The first-order valence-electron chi connectivity index (χ1n) is 11.1. The predicted molar refractivity (Wildman–Crippen MR) is 119 cm³/mol. The number of rotatable bonds is 13. The molecule has 2 aromatic carbocycles. The van der Waals surface area contributed by atoms with Crippen molar-refractivity contribution >= 4 is 11.0 Å². The van der Waals surface area contributed by atoms with Crippen molar-refractivity contribution in [2.75, 3.05) is 6.61 Å². The van der Waals surface area contributed by atoms with E-state index in [1.807, 2.05) is 36.4 Å². The van der Waals surface area contributed by atoms with Crippen LogP contribution in [-0.2, 0) is 0 Å². The average molecular weight is 379 g/mol. The fraction of sp³-hybridized carbons (Fsp3) is 0.480. The van der Waals surface area contributed by atoms with Gasteiger partial charge in [-0.05, 0) is 30.7 Å². The van der Waals surface area contributed by atoms with Crippen molar-refractivity contribution in [3.05, 3.63) is 48.5 Å². The van der Waals surface area contributed by atoms with Crippen LogP contribution in [0.25, 0.3) is 22.4 Å². The van der Waals surface area contributed by atoms with Crippen molar-refractivity contribution in [1.29, 1.82) is 0 Å². The summed E-state index contributed by atoms with van der Waals surface area (Å²) in [6, 6.07) is 16.3. The minimum atomic E-state index is 0.772. The highest BCUT2D eigenvalue weighted by Crippen LogP contribution is 2.29. The van der Waals surface area contributed by atoms with Crippen molar-refractivity contribution in [2.24, 2.45) is 0 Å². The molecule has 1 heterocycles. The average Bonchev–Trinajstić information content (AvgIpc) is 3.16. The summed E-state index contributed by atoms with van der Waals surface area (Å²) in [4.78, 5) is 8.12. The predicted octanol–water partition coefficient (Wildman–Crippen LogP) is 7.53. The maximum atomic E-state index is 6.10. The molecule has 1 aromatic heterocycles. The third kappa shape index (κ3) is 6.12. The van der Waals surface area contributed by atoms with E-state index in [2.05, 4.69) is 24.0 Å². The fourth-order valence-electron chi connectivity index (χ4n) is 3.64. The Kier molecular flexibility index (Phi) is 8.42. The lowest BCUT2D eigenvalue weighted by atomic mass is 10.1. The molecular weight excluding hydrogens is 344 g/mol. The van der Waals surface area contributed by atoms with Gasteiger partial charge in [0.1, 0.15) is 11.6 Å². The number of nitrogens with one attached hydrogen (secondary N) is 1. The SMILES string of the molecule is CCCCCCCCCCCCOc1ccccc1-c1nc2ccccc2[nH]1. The molecule has 3 nitrogen and oxygen atoms in total. The van der Waals surface area contributed by atoms with Crippen LogP contribution >= 0.6 is 0 Å². The molecule has 3 aromatic rings. The number of imidazole rings is 1. The van der Waals surface area contributed by atoms with Crippen molar-refractivity contribution in [3.8, 4) is 17.1 Å². The highest BCUT2D eigenvalue weighted by Gasteiger charge is 2.10. The van der Waals surface area contributed by atoms with Crippen LogP contribution in [0, 0.1) is 0 Å². The Balaban J connectivity index is 1.40. The first kappa shape index (κ1) is 20.4. The first-order valence-corrected chi connectivity index (χ1v) is 11.1. The van der Waals surface area contributed by atoms with Gasteiger partial charge < -0.3 is 9.72 Å². The quantitative estimate of drug-likeness (QED) is 0.312. The number of nitrogens with zero attached hydrogens (tertiary/aromatic N) is 1. The molecule has 3 rings (SSSR count). The third-order valence-corrected chi connectivity index (χ3v) is 5.29. The summed E-state index contributed by atoms with van der Waals surface area (Å²) in [6.45, 7) is 3.05. The molecule has 1 N–H and O–H groups in total. The zero-order valence-electron chi connectivity index (χ0n) is 17.3. The smallest absolute Gasteiger partial charge is 0.142 e. The Hall–Kier alpha value is -2.29. The molecule has 28 heavy (non-hydrogen) atoms. The Labute approximate surface area is 169 Å². The lowest BCUT2D eigenvalue weighted by Crippen LogP contribution is -1.99. The highest BCUT2D eigenvalue weighted by atomic mass is 16.5. The second-order valence-electron chi connectivity index (χ2n) is 7.63. The Bertz CT molecular complexity index is 791. The fourth-order valence-corrected chi connectivity index (χ4v) is 3.64. The van der Waals surface area contributed by atoms with E-state index in [0.717, 1.165) is 41.2 Å². The molecule has 0 aliphatic heterocycles. The minimum Gasteiger partial charge on any atom is -0.493 e. The summed E-state index contributed by atoms with van der Waals surface area (Å²) >= 11 is 0. The Morgan fingerprint density at radius 3 is 2.14 bits per heavy atom. The number of aromatic nitrogens is 2. The van der Waals surface area contributed by atoms with Crippen molar-refractivity contribution in [1.82, 2.24) is 9.97 Å². The van der Waals surface area contributed by atoms with Gasteiger partial charge in [-0.3, -0.25) is 0 Å². The van der Waals surface area contributed by atoms with E-state index in [1.165, 1.54) is 57.8 Å². The lowest BCUT2D eigenvalue weighted by molar-refractivity contribution is 0.305. The van der Waals surface area contributed by atoms with Crippen LogP contribution in [0.5, 0.6) is 5.75 Å². The molecule has 0 spiro atoms.